The van der Waals surface area contributed by atoms with Crippen LogP contribution in [0.3, 0.4) is 0 Å². The van der Waals surface area contributed by atoms with Crippen molar-refractivity contribution in [3.8, 4) is 11.1 Å². The van der Waals surface area contributed by atoms with Crippen molar-refractivity contribution in [3.63, 3.8) is 0 Å². The highest BCUT2D eigenvalue weighted by Crippen LogP contribution is 2.38. The molecule has 0 saturated carbocycles. The first kappa shape index (κ1) is 24.1. The van der Waals surface area contributed by atoms with E-state index in [2.05, 4.69) is 15.9 Å². The van der Waals surface area contributed by atoms with Gasteiger partial charge in [-0.3, -0.25) is 13.9 Å². The van der Waals surface area contributed by atoms with E-state index in [0.717, 1.165) is 4.57 Å². The lowest BCUT2D eigenvalue weighted by atomic mass is 9.96. The van der Waals surface area contributed by atoms with Crippen LogP contribution in [-0.4, -0.2) is 40.4 Å². The summed E-state index contributed by atoms with van der Waals surface area (Å²) < 4.78 is 22.6. The second kappa shape index (κ2) is 9.93. The van der Waals surface area contributed by atoms with Crippen LogP contribution in [0.2, 0.25) is 0 Å². The largest absolute Gasteiger partial charge is 0.378 e. The highest BCUT2D eigenvalue weighted by atomic mass is 79.9. The van der Waals surface area contributed by atoms with E-state index in [4.69, 9.17) is 15.5 Å². The van der Waals surface area contributed by atoms with E-state index < -0.39 is 17.1 Å². The summed E-state index contributed by atoms with van der Waals surface area (Å²) in [6, 6.07) is 4.26. The molecule has 3 aromatic rings. The maximum absolute atomic E-state index is 14.2. The molecule has 2 N–H and O–H groups in total. The molecule has 8 nitrogen and oxygen atoms in total. The van der Waals surface area contributed by atoms with E-state index in [1.807, 2.05) is 18.7 Å². The summed E-state index contributed by atoms with van der Waals surface area (Å²) in [4.78, 5) is 32.5. The lowest BCUT2D eigenvalue weighted by Crippen LogP contribution is -2.40. The van der Waals surface area contributed by atoms with Crippen molar-refractivity contribution in [1.29, 1.82) is 0 Å². The van der Waals surface area contributed by atoms with Gasteiger partial charge in [0.2, 0.25) is 0 Å². The first-order valence-electron chi connectivity index (χ1n) is 10.5. The summed E-state index contributed by atoms with van der Waals surface area (Å²) in [5, 5.41) is 0.225. The Bertz CT molecular complexity index is 1270. The first-order chi connectivity index (χ1) is 15.3. The third-order valence-electron chi connectivity index (χ3n) is 5.38. The first-order valence-corrected chi connectivity index (χ1v) is 11.2. The zero-order valence-electron chi connectivity index (χ0n) is 18.6. The van der Waals surface area contributed by atoms with Crippen LogP contribution in [0.25, 0.3) is 22.2 Å². The van der Waals surface area contributed by atoms with Crippen molar-refractivity contribution in [2.75, 3.05) is 31.2 Å². The molecule has 2 aromatic heterocycles. The normalized spacial score (nSPS) is 13.8. The summed E-state index contributed by atoms with van der Waals surface area (Å²) in [5.41, 5.74) is 6.96. The van der Waals surface area contributed by atoms with E-state index in [-0.39, 0.29) is 17.6 Å². The molecule has 0 radical (unpaired) electrons. The van der Waals surface area contributed by atoms with Gasteiger partial charge in [0.1, 0.15) is 11.6 Å². The number of nitrogens with two attached hydrogens (primary N) is 1. The Morgan fingerprint density at radius 3 is 2.44 bits per heavy atom. The highest BCUT2D eigenvalue weighted by Gasteiger charge is 2.26. The van der Waals surface area contributed by atoms with Gasteiger partial charge in [-0.2, -0.15) is 0 Å². The lowest BCUT2D eigenvalue weighted by Gasteiger charge is -2.31. The zero-order valence-corrected chi connectivity index (χ0v) is 20.2. The summed E-state index contributed by atoms with van der Waals surface area (Å²) in [6.07, 6.45) is 0. The number of nitrogens with zero attached hydrogens (tertiary/aromatic N) is 4. The molecule has 1 aliphatic rings. The summed E-state index contributed by atoms with van der Waals surface area (Å²) >= 11 is 3.47. The summed E-state index contributed by atoms with van der Waals surface area (Å²) in [5.74, 6) is 0.124. The fraction of sp³-hybridized carbons (Fsp3) is 0.409. The van der Waals surface area contributed by atoms with Gasteiger partial charge in [0.05, 0.1) is 18.6 Å². The number of anilines is 1. The topological polar surface area (TPSA) is 95.4 Å². The Balaban J connectivity index is 0.00000141. The minimum atomic E-state index is -0.505. The number of hydrogen-bond donors (Lipinski definition) is 1. The number of rotatable bonds is 3. The van der Waals surface area contributed by atoms with Gasteiger partial charge >= 0.3 is 5.69 Å². The van der Waals surface area contributed by atoms with Crippen molar-refractivity contribution >= 4 is 32.8 Å². The Hall–Kier alpha value is -2.56. The molecule has 10 heteroatoms. The third-order valence-corrected chi connectivity index (χ3v) is 6.07. The van der Waals surface area contributed by atoms with Gasteiger partial charge in [-0.25, -0.2) is 14.2 Å². The molecule has 0 atom stereocenters. The Morgan fingerprint density at radius 2 is 1.81 bits per heavy atom. The van der Waals surface area contributed by atoms with Crippen LogP contribution in [0.4, 0.5) is 10.2 Å². The number of ether oxygens (including phenoxy) is 1. The molecule has 0 amide bonds. The van der Waals surface area contributed by atoms with Crippen LogP contribution in [0.5, 0.6) is 0 Å². The highest BCUT2D eigenvalue weighted by molar-refractivity contribution is 9.10. The zero-order chi connectivity index (χ0) is 23.6. The molecule has 1 aliphatic heterocycles. The van der Waals surface area contributed by atoms with Crippen LogP contribution in [0.1, 0.15) is 19.4 Å². The predicted octanol–water partition coefficient (Wildman–Crippen LogP) is 2.52. The number of morpholine rings is 1. The van der Waals surface area contributed by atoms with Crippen LogP contribution < -0.4 is 21.9 Å². The van der Waals surface area contributed by atoms with Crippen molar-refractivity contribution in [2.24, 2.45) is 19.8 Å². The van der Waals surface area contributed by atoms with E-state index in [0.29, 0.717) is 53.3 Å². The van der Waals surface area contributed by atoms with Crippen LogP contribution in [0, 0.1) is 5.82 Å². The molecule has 0 unspecified atom stereocenters. The molecule has 3 heterocycles. The molecule has 0 aliphatic carbocycles. The number of fused-ring (bicyclic) bond motifs is 1. The van der Waals surface area contributed by atoms with E-state index in [9.17, 15) is 14.0 Å². The molecule has 32 heavy (non-hydrogen) atoms. The molecule has 4 rings (SSSR count). The van der Waals surface area contributed by atoms with Gasteiger partial charge < -0.3 is 15.4 Å². The number of benzene rings is 1. The second-order valence-corrected chi connectivity index (χ2v) is 7.98. The maximum atomic E-state index is 14.2. The van der Waals surface area contributed by atoms with Crippen LogP contribution in [0.15, 0.2) is 32.3 Å². The number of pyridine rings is 1. The molecule has 172 valence electrons. The van der Waals surface area contributed by atoms with Gasteiger partial charge in [-0.05, 0) is 18.2 Å². The van der Waals surface area contributed by atoms with E-state index in [1.165, 1.54) is 23.7 Å². The average Bonchev–Trinajstić information content (AvgIpc) is 2.83. The Morgan fingerprint density at radius 1 is 1.16 bits per heavy atom. The number of hydrogen-bond acceptors (Lipinski definition) is 6. The quantitative estimate of drug-likeness (QED) is 0.585. The number of aryl methyl sites for hydroxylation is 1. The van der Waals surface area contributed by atoms with Crippen LogP contribution in [-0.2, 0) is 25.4 Å². The van der Waals surface area contributed by atoms with E-state index >= 15 is 0 Å². The molecule has 0 spiro atoms. The van der Waals surface area contributed by atoms with Crippen molar-refractivity contribution in [3.05, 3.63) is 54.9 Å². The lowest BCUT2D eigenvalue weighted by molar-refractivity contribution is 0.122. The third kappa shape index (κ3) is 4.10. The summed E-state index contributed by atoms with van der Waals surface area (Å²) in [7, 11) is 2.97. The Kier molecular flexibility index (Phi) is 7.47. The minimum absolute atomic E-state index is 0.0832. The molecule has 1 fully saturated rings. The minimum Gasteiger partial charge on any atom is -0.378 e. The SMILES string of the molecule is CC.Cn1c(=O)c2c(-c3cc(F)ccc3Br)c(CN)c(N3CCOCC3)nc2n(C)c1=O. The van der Waals surface area contributed by atoms with Gasteiger partial charge in [0, 0.05) is 54.9 Å². The smallest absolute Gasteiger partial charge is 0.332 e. The monoisotopic (exact) mass is 507 g/mol. The number of halogens is 2. The second-order valence-electron chi connectivity index (χ2n) is 7.12. The molecular weight excluding hydrogens is 481 g/mol. The Labute approximate surface area is 193 Å². The van der Waals surface area contributed by atoms with Crippen molar-refractivity contribution in [1.82, 2.24) is 14.1 Å². The van der Waals surface area contributed by atoms with Gasteiger partial charge in [-0.1, -0.05) is 29.8 Å². The molecule has 0 bridgehead atoms. The fourth-order valence-electron chi connectivity index (χ4n) is 3.83. The number of aromatic nitrogens is 3. The van der Waals surface area contributed by atoms with Crippen molar-refractivity contribution < 1.29 is 9.13 Å². The fourth-order valence-corrected chi connectivity index (χ4v) is 4.27. The molecular formula is C22H27BrFN5O3. The average molecular weight is 508 g/mol. The van der Waals surface area contributed by atoms with Gasteiger partial charge in [-0.15, -0.1) is 0 Å². The van der Waals surface area contributed by atoms with Crippen LogP contribution >= 0.6 is 15.9 Å². The molecule has 1 saturated heterocycles. The van der Waals surface area contributed by atoms with Gasteiger partial charge in [0.25, 0.3) is 5.56 Å². The standard InChI is InChI=1S/C20H21BrFN5O3.C2H6/c1-25-18-16(19(28)26(2)20(25)29)15(12-9-11(22)3-4-14(12)21)13(10-23)17(24-18)27-5-7-30-8-6-27;1-2/h3-4,9H,5-8,10,23H2,1-2H3;1-2H3. The summed E-state index contributed by atoms with van der Waals surface area (Å²) in [6.45, 7) is 6.32. The molecule has 1 aromatic carbocycles. The van der Waals surface area contributed by atoms with Gasteiger partial charge in [0.15, 0.2) is 5.65 Å². The predicted molar refractivity (Wildman–Crippen MR) is 128 cm³/mol. The van der Waals surface area contributed by atoms with E-state index in [1.54, 1.807) is 13.1 Å². The maximum Gasteiger partial charge on any atom is 0.332 e. The van der Waals surface area contributed by atoms with Crippen molar-refractivity contribution in [2.45, 2.75) is 20.4 Å².